The summed E-state index contributed by atoms with van der Waals surface area (Å²) in [5.41, 5.74) is 0. The van der Waals surface area contributed by atoms with E-state index in [1.54, 1.807) is 0 Å². The van der Waals surface area contributed by atoms with Crippen LogP contribution in [0.1, 0.15) is 90.4 Å². The van der Waals surface area contributed by atoms with Gasteiger partial charge in [-0.05, 0) is 45.4 Å². The highest BCUT2D eigenvalue weighted by molar-refractivity contribution is 5.81. The lowest BCUT2D eigenvalue weighted by Crippen LogP contribution is -2.60. The molecular formula is C35H58O13. The molecule has 13 heteroatoms. The van der Waals surface area contributed by atoms with Crippen molar-refractivity contribution in [1.29, 1.82) is 0 Å². The highest BCUT2D eigenvalue weighted by Gasteiger charge is 2.47. The van der Waals surface area contributed by atoms with Gasteiger partial charge in [0.15, 0.2) is 6.29 Å². The Kier molecular flexibility index (Phi) is 18.6. The molecule has 276 valence electrons. The number of hydrogen-bond donors (Lipinski definition) is 5. The Labute approximate surface area is 284 Å². The Morgan fingerprint density at radius 3 is 2.10 bits per heavy atom. The molecule has 5 N–H and O–H groups in total. The zero-order chi connectivity index (χ0) is 34.9. The van der Waals surface area contributed by atoms with Crippen LogP contribution in [0.15, 0.2) is 24.8 Å². The van der Waals surface area contributed by atoms with Gasteiger partial charge in [0.25, 0.3) is 0 Å². The van der Waals surface area contributed by atoms with Crippen LogP contribution in [0.3, 0.4) is 0 Å². The average Bonchev–Trinajstić information content (AvgIpc) is 3.07. The van der Waals surface area contributed by atoms with Crippen molar-refractivity contribution in [2.24, 2.45) is 5.92 Å². The second-order valence-corrected chi connectivity index (χ2v) is 13.1. The molecule has 0 amide bonds. The third-order valence-corrected chi connectivity index (χ3v) is 9.21. The molecule has 13 nitrogen and oxygen atoms in total. The highest BCUT2D eigenvalue weighted by atomic mass is 16.7. The van der Waals surface area contributed by atoms with Gasteiger partial charge in [0, 0.05) is 12.5 Å². The fourth-order valence-electron chi connectivity index (χ4n) is 6.17. The van der Waals surface area contributed by atoms with Crippen molar-refractivity contribution < 1.29 is 63.5 Å². The first-order valence-corrected chi connectivity index (χ1v) is 17.7. The minimum Gasteiger partial charge on any atom is -0.463 e. The first-order chi connectivity index (χ1) is 23.1. The lowest BCUT2D eigenvalue weighted by atomic mass is 9.91. The van der Waals surface area contributed by atoms with Crippen molar-refractivity contribution in [1.82, 2.24) is 0 Å². The Hall–Kier alpha value is -1.94. The standard InChI is InChI=1S/C35H58O13/c1-3-28(36)44-22-27-31(39)30(38)24-19-43-20-25-32(40)34(42)33(41)26(47-25)21-45-29(37)18-16-14-12-10-8-6-4-5-7-9-11-13-15-17-23(2)46-35(24)48-27/h3-5,23-27,30-35,38-42H,1,6-22H2,2H3/b5-4+/t23?,24-,25-,26-,27-,30-,31-,32-,33+,34+,35-/m0/s1. The molecule has 11 atom stereocenters. The number of carbonyl (C=O) groups is 2. The molecule has 0 aromatic carbocycles. The molecule has 48 heavy (non-hydrogen) atoms. The Morgan fingerprint density at radius 1 is 0.792 bits per heavy atom. The van der Waals surface area contributed by atoms with E-state index < -0.39 is 73.0 Å². The summed E-state index contributed by atoms with van der Waals surface area (Å²) >= 11 is 0. The number of hydrogen-bond acceptors (Lipinski definition) is 13. The lowest BCUT2D eigenvalue weighted by Gasteiger charge is -2.43. The summed E-state index contributed by atoms with van der Waals surface area (Å²) in [5, 5.41) is 53.5. The third-order valence-electron chi connectivity index (χ3n) is 9.21. The monoisotopic (exact) mass is 686 g/mol. The summed E-state index contributed by atoms with van der Waals surface area (Å²) in [6.45, 7) is 4.18. The number of carbonyl (C=O) groups excluding carboxylic acids is 2. The van der Waals surface area contributed by atoms with Crippen LogP contribution in [0.4, 0.5) is 0 Å². The Morgan fingerprint density at radius 2 is 1.42 bits per heavy atom. The predicted molar refractivity (Wildman–Crippen MR) is 173 cm³/mol. The van der Waals surface area contributed by atoms with Gasteiger partial charge in [-0.25, -0.2) is 4.79 Å². The van der Waals surface area contributed by atoms with E-state index in [1.807, 2.05) is 6.92 Å². The first-order valence-electron chi connectivity index (χ1n) is 17.7. The van der Waals surface area contributed by atoms with Gasteiger partial charge in [-0.15, -0.1) is 0 Å². The fourth-order valence-corrected chi connectivity index (χ4v) is 6.17. The number of cyclic esters (lactones) is 1. The van der Waals surface area contributed by atoms with Crippen molar-refractivity contribution in [2.45, 2.75) is 152 Å². The maximum atomic E-state index is 12.3. The van der Waals surface area contributed by atoms with E-state index in [2.05, 4.69) is 18.7 Å². The van der Waals surface area contributed by atoms with Gasteiger partial charge >= 0.3 is 11.9 Å². The van der Waals surface area contributed by atoms with Crippen LogP contribution in [-0.4, -0.2) is 125 Å². The molecule has 2 saturated heterocycles. The van der Waals surface area contributed by atoms with E-state index in [9.17, 15) is 35.1 Å². The van der Waals surface area contributed by atoms with Crippen molar-refractivity contribution >= 4 is 11.9 Å². The molecule has 0 aromatic rings. The van der Waals surface area contributed by atoms with E-state index in [1.165, 1.54) is 0 Å². The second-order valence-electron chi connectivity index (χ2n) is 13.1. The molecule has 1 unspecified atom stereocenters. The summed E-state index contributed by atoms with van der Waals surface area (Å²) in [4.78, 5) is 24.0. The third kappa shape index (κ3) is 13.4. The quantitative estimate of drug-likeness (QED) is 0.165. The average molecular weight is 687 g/mol. The number of allylic oxidation sites excluding steroid dienone is 2. The summed E-state index contributed by atoms with van der Waals surface area (Å²) in [7, 11) is 0. The zero-order valence-electron chi connectivity index (χ0n) is 28.3. The van der Waals surface area contributed by atoms with Crippen molar-refractivity contribution in [3.05, 3.63) is 24.8 Å². The summed E-state index contributed by atoms with van der Waals surface area (Å²) < 4.78 is 34.2. The van der Waals surface area contributed by atoms with Crippen LogP contribution in [0.5, 0.6) is 0 Å². The molecule has 2 bridgehead atoms. The molecule has 0 saturated carbocycles. The summed E-state index contributed by atoms with van der Waals surface area (Å²) in [6.07, 6.45) is 5.65. The maximum absolute atomic E-state index is 12.3. The summed E-state index contributed by atoms with van der Waals surface area (Å²) in [5.74, 6) is -2.01. The first kappa shape index (κ1) is 40.5. The Balaban J connectivity index is 1.67. The van der Waals surface area contributed by atoms with Crippen LogP contribution in [0.25, 0.3) is 0 Å². The number of aliphatic hydroxyl groups is 5. The van der Waals surface area contributed by atoms with E-state index >= 15 is 0 Å². The van der Waals surface area contributed by atoms with Crippen LogP contribution in [0, 0.1) is 5.92 Å². The molecular weight excluding hydrogens is 628 g/mol. The number of fused-ring (bicyclic) bond motifs is 3. The van der Waals surface area contributed by atoms with Crippen LogP contribution < -0.4 is 0 Å². The zero-order valence-corrected chi connectivity index (χ0v) is 28.3. The molecule has 0 aromatic heterocycles. The van der Waals surface area contributed by atoms with Crippen LogP contribution in [-0.2, 0) is 38.0 Å². The van der Waals surface area contributed by atoms with Gasteiger partial charge in [-0.2, -0.15) is 0 Å². The summed E-state index contributed by atoms with van der Waals surface area (Å²) in [6, 6.07) is 0. The number of rotatable bonds is 3. The van der Waals surface area contributed by atoms with E-state index in [0.717, 1.165) is 76.7 Å². The molecule has 0 aliphatic carbocycles. The number of ether oxygens (including phenoxy) is 6. The number of esters is 2. The molecule has 3 aliphatic rings. The second kappa shape index (κ2) is 22.0. The maximum Gasteiger partial charge on any atom is 0.330 e. The predicted octanol–water partition coefficient (Wildman–Crippen LogP) is 2.23. The molecule has 0 radical (unpaired) electrons. The molecule has 2 fully saturated rings. The molecule has 3 rings (SSSR count). The molecule has 3 heterocycles. The van der Waals surface area contributed by atoms with Crippen molar-refractivity contribution in [3.8, 4) is 0 Å². The van der Waals surface area contributed by atoms with Crippen molar-refractivity contribution in [3.63, 3.8) is 0 Å². The highest BCUT2D eigenvalue weighted by Crippen LogP contribution is 2.30. The topological polar surface area (TPSA) is 191 Å². The smallest absolute Gasteiger partial charge is 0.330 e. The van der Waals surface area contributed by atoms with Gasteiger partial charge < -0.3 is 54.0 Å². The fraction of sp³-hybridized carbons (Fsp3) is 0.829. The van der Waals surface area contributed by atoms with Gasteiger partial charge in [0.05, 0.1) is 31.3 Å². The van der Waals surface area contributed by atoms with E-state index in [0.29, 0.717) is 6.42 Å². The van der Waals surface area contributed by atoms with Crippen LogP contribution >= 0.6 is 0 Å². The number of aliphatic hydroxyl groups excluding tert-OH is 5. The molecule has 3 aliphatic heterocycles. The van der Waals surface area contributed by atoms with Crippen molar-refractivity contribution in [2.75, 3.05) is 26.4 Å². The normalized spacial score (nSPS) is 38.6. The molecule has 0 spiro atoms. The van der Waals surface area contributed by atoms with Gasteiger partial charge in [-0.3, -0.25) is 4.79 Å². The largest absolute Gasteiger partial charge is 0.463 e. The lowest BCUT2D eigenvalue weighted by molar-refractivity contribution is -0.304. The van der Waals surface area contributed by atoms with Gasteiger partial charge in [-0.1, -0.05) is 57.3 Å². The SMILES string of the molecule is C=CC(=O)OC[C@@H]1O[C@@H]2OC(C)CCCCCC/C=C/CCCCCCCC(=O)OC[C@@H]3O[C@@H](COC[C@H]2[C@H](O)[C@H]1O)[C@H](O)[C@@H](O)[C@@H]3O. The van der Waals surface area contributed by atoms with Crippen LogP contribution in [0.2, 0.25) is 0 Å². The Bertz CT molecular complexity index is 976. The van der Waals surface area contributed by atoms with Gasteiger partial charge in [0.2, 0.25) is 0 Å². The minimum atomic E-state index is -1.58. The minimum absolute atomic E-state index is 0.187. The van der Waals surface area contributed by atoms with E-state index in [-0.39, 0.29) is 39.0 Å². The van der Waals surface area contributed by atoms with E-state index in [4.69, 9.17) is 28.4 Å². The van der Waals surface area contributed by atoms with Gasteiger partial charge in [0.1, 0.15) is 55.9 Å².